The van der Waals surface area contributed by atoms with Gasteiger partial charge in [-0.1, -0.05) is 6.42 Å². The van der Waals surface area contributed by atoms with Crippen LogP contribution in [0.5, 0.6) is 0 Å². The molecule has 3 heteroatoms. The molecule has 0 radical (unpaired) electrons. The van der Waals surface area contributed by atoms with Crippen LogP contribution in [0.15, 0.2) is 0 Å². The second kappa shape index (κ2) is 2.22. The molecule has 0 aromatic carbocycles. The molecule has 0 aromatic heterocycles. The highest BCUT2D eigenvalue weighted by Crippen LogP contribution is 2.38. The van der Waals surface area contributed by atoms with Gasteiger partial charge in [-0.05, 0) is 19.8 Å². The van der Waals surface area contributed by atoms with Gasteiger partial charge in [-0.15, -0.1) is 0 Å². The van der Waals surface area contributed by atoms with Crippen molar-refractivity contribution in [2.24, 2.45) is 5.92 Å². The van der Waals surface area contributed by atoms with E-state index < -0.39 is 11.6 Å². The van der Waals surface area contributed by atoms with Gasteiger partial charge in [0.05, 0.1) is 0 Å². The van der Waals surface area contributed by atoms with Crippen molar-refractivity contribution in [3.8, 4) is 0 Å². The van der Waals surface area contributed by atoms with Crippen molar-refractivity contribution in [3.63, 3.8) is 0 Å². The summed E-state index contributed by atoms with van der Waals surface area (Å²) >= 11 is 0. The predicted molar refractivity (Wildman–Crippen MR) is 34.5 cm³/mol. The molecular weight excluding hydrogens is 135 g/mol. The number of carbonyl (C=O) groups is 1. The summed E-state index contributed by atoms with van der Waals surface area (Å²) in [6.07, 6.45) is 2.41. The molecule has 2 nitrogen and oxygen atoms in total. The fourth-order valence-corrected chi connectivity index (χ4v) is 1.12. The minimum absolute atomic E-state index is 0.245. The molecule has 1 aliphatic carbocycles. The zero-order chi connectivity index (χ0) is 7.78. The SMILES string of the molecule is CC(F)(C(=O)O)C1CCC1. The predicted octanol–water partition coefficient (Wildman–Crippen LogP) is 1.60. The first-order valence-corrected chi connectivity index (χ1v) is 3.47. The molecule has 1 atom stereocenters. The number of alkyl halides is 1. The van der Waals surface area contributed by atoms with Crippen LogP contribution in [-0.4, -0.2) is 16.7 Å². The number of aliphatic carboxylic acids is 1. The number of carboxylic acids is 1. The Labute approximate surface area is 59.0 Å². The number of hydrogen-bond acceptors (Lipinski definition) is 1. The largest absolute Gasteiger partial charge is 0.479 e. The second-order valence-corrected chi connectivity index (χ2v) is 3.01. The van der Waals surface area contributed by atoms with Gasteiger partial charge in [0.2, 0.25) is 5.67 Å². The third kappa shape index (κ3) is 1.00. The van der Waals surface area contributed by atoms with Crippen LogP contribution in [0.2, 0.25) is 0 Å². The molecule has 0 amide bonds. The summed E-state index contributed by atoms with van der Waals surface area (Å²) in [6.45, 7) is 1.15. The van der Waals surface area contributed by atoms with E-state index in [-0.39, 0.29) is 5.92 Å². The van der Waals surface area contributed by atoms with E-state index in [1.165, 1.54) is 0 Å². The molecule has 0 aliphatic heterocycles. The fourth-order valence-electron chi connectivity index (χ4n) is 1.12. The van der Waals surface area contributed by atoms with Gasteiger partial charge < -0.3 is 5.11 Å². The van der Waals surface area contributed by atoms with Crippen LogP contribution in [-0.2, 0) is 4.79 Å². The van der Waals surface area contributed by atoms with Crippen molar-refractivity contribution < 1.29 is 14.3 Å². The van der Waals surface area contributed by atoms with E-state index >= 15 is 0 Å². The maximum Gasteiger partial charge on any atom is 0.341 e. The maximum absolute atomic E-state index is 13.1. The van der Waals surface area contributed by atoms with E-state index in [1.54, 1.807) is 0 Å². The Hall–Kier alpha value is -0.600. The minimum atomic E-state index is -1.99. The highest BCUT2D eigenvalue weighted by atomic mass is 19.1. The van der Waals surface area contributed by atoms with E-state index in [0.717, 1.165) is 26.2 Å². The van der Waals surface area contributed by atoms with Crippen molar-refractivity contribution >= 4 is 5.97 Å². The van der Waals surface area contributed by atoms with E-state index in [4.69, 9.17) is 5.11 Å². The van der Waals surface area contributed by atoms with Crippen molar-refractivity contribution in [2.45, 2.75) is 31.9 Å². The summed E-state index contributed by atoms with van der Waals surface area (Å²) in [4.78, 5) is 10.3. The van der Waals surface area contributed by atoms with Crippen molar-refractivity contribution in [2.75, 3.05) is 0 Å². The molecule has 1 fully saturated rings. The summed E-state index contributed by atoms with van der Waals surface area (Å²) in [5.74, 6) is -1.57. The lowest BCUT2D eigenvalue weighted by Crippen LogP contribution is -2.41. The van der Waals surface area contributed by atoms with Gasteiger partial charge in [0.1, 0.15) is 0 Å². The zero-order valence-electron chi connectivity index (χ0n) is 5.93. The second-order valence-electron chi connectivity index (χ2n) is 3.01. The van der Waals surface area contributed by atoms with Gasteiger partial charge in [-0.3, -0.25) is 0 Å². The van der Waals surface area contributed by atoms with Gasteiger partial charge in [-0.2, -0.15) is 0 Å². The van der Waals surface area contributed by atoms with Crippen molar-refractivity contribution in [1.29, 1.82) is 0 Å². The molecule has 10 heavy (non-hydrogen) atoms. The molecule has 0 spiro atoms. The number of rotatable bonds is 2. The number of halogens is 1. The minimum Gasteiger partial charge on any atom is -0.479 e. The molecule has 1 saturated carbocycles. The third-order valence-electron chi connectivity index (χ3n) is 2.29. The Bertz CT molecular complexity index is 150. The van der Waals surface area contributed by atoms with Crippen LogP contribution in [0.4, 0.5) is 4.39 Å². The summed E-state index contributed by atoms with van der Waals surface area (Å²) < 4.78 is 13.1. The van der Waals surface area contributed by atoms with Crippen LogP contribution < -0.4 is 0 Å². The molecule has 0 saturated heterocycles. The Kier molecular flexibility index (Phi) is 1.67. The summed E-state index contributed by atoms with van der Waals surface area (Å²) in [7, 11) is 0. The Balaban J connectivity index is 2.57. The summed E-state index contributed by atoms with van der Waals surface area (Å²) in [5, 5.41) is 8.40. The third-order valence-corrected chi connectivity index (χ3v) is 2.29. The lowest BCUT2D eigenvalue weighted by atomic mass is 9.75. The van der Waals surface area contributed by atoms with Crippen LogP contribution in [0.3, 0.4) is 0 Å². The monoisotopic (exact) mass is 146 g/mol. The molecule has 0 bridgehead atoms. The summed E-state index contributed by atoms with van der Waals surface area (Å²) in [6, 6.07) is 0. The highest BCUT2D eigenvalue weighted by molar-refractivity contribution is 5.77. The van der Waals surface area contributed by atoms with Crippen LogP contribution >= 0.6 is 0 Å². The molecule has 1 aliphatic rings. The van der Waals surface area contributed by atoms with E-state index in [9.17, 15) is 9.18 Å². The lowest BCUT2D eigenvalue weighted by molar-refractivity contribution is -0.155. The van der Waals surface area contributed by atoms with Gasteiger partial charge >= 0.3 is 5.97 Å². The van der Waals surface area contributed by atoms with Crippen LogP contribution in [0, 0.1) is 5.92 Å². The Morgan fingerprint density at radius 3 is 2.30 bits per heavy atom. The molecule has 58 valence electrons. The topological polar surface area (TPSA) is 37.3 Å². The first-order chi connectivity index (χ1) is 4.55. The molecule has 1 rings (SSSR count). The van der Waals surface area contributed by atoms with E-state index in [2.05, 4.69) is 0 Å². The molecule has 0 aromatic rings. The van der Waals surface area contributed by atoms with E-state index in [1.807, 2.05) is 0 Å². The average molecular weight is 146 g/mol. The zero-order valence-corrected chi connectivity index (χ0v) is 5.93. The summed E-state index contributed by atoms with van der Waals surface area (Å²) in [5.41, 5.74) is -1.99. The molecule has 1 unspecified atom stereocenters. The first kappa shape index (κ1) is 7.51. The maximum atomic E-state index is 13.1. The number of hydrogen-bond donors (Lipinski definition) is 1. The molecule has 0 heterocycles. The normalized spacial score (nSPS) is 25.0. The van der Waals surface area contributed by atoms with Crippen molar-refractivity contribution in [3.05, 3.63) is 0 Å². The smallest absolute Gasteiger partial charge is 0.341 e. The Morgan fingerprint density at radius 1 is 1.70 bits per heavy atom. The Morgan fingerprint density at radius 2 is 2.20 bits per heavy atom. The first-order valence-electron chi connectivity index (χ1n) is 3.47. The quantitative estimate of drug-likeness (QED) is 0.642. The van der Waals surface area contributed by atoms with Crippen LogP contribution in [0.25, 0.3) is 0 Å². The van der Waals surface area contributed by atoms with Gasteiger partial charge in [-0.25, -0.2) is 9.18 Å². The fraction of sp³-hybridized carbons (Fsp3) is 0.857. The molecule has 1 N–H and O–H groups in total. The van der Waals surface area contributed by atoms with Crippen molar-refractivity contribution in [1.82, 2.24) is 0 Å². The van der Waals surface area contributed by atoms with Gasteiger partial charge in [0.15, 0.2) is 0 Å². The van der Waals surface area contributed by atoms with Gasteiger partial charge in [0.25, 0.3) is 0 Å². The van der Waals surface area contributed by atoms with Crippen LogP contribution in [0.1, 0.15) is 26.2 Å². The lowest BCUT2D eigenvalue weighted by Gasteiger charge is -2.33. The number of carboxylic acid groups (broad SMARTS) is 1. The molecular formula is C7H11FO2. The van der Waals surface area contributed by atoms with Gasteiger partial charge in [0, 0.05) is 5.92 Å². The standard InChI is InChI=1S/C7H11FO2/c1-7(8,6(9)10)5-3-2-4-5/h5H,2-4H2,1H3,(H,9,10). The van der Waals surface area contributed by atoms with E-state index in [0.29, 0.717) is 0 Å². The highest BCUT2D eigenvalue weighted by Gasteiger charge is 2.44. The average Bonchev–Trinajstić information content (AvgIpc) is 1.57.